The Labute approximate surface area is 283 Å². The van der Waals surface area contributed by atoms with Crippen LogP contribution in [0, 0.1) is 5.92 Å². The Balaban J connectivity index is 1.63. The van der Waals surface area contributed by atoms with Crippen LogP contribution in [-0.2, 0) is 31.2 Å². The summed E-state index contributed by atoms with van der Waals surface area (Å²) in [4.78, 5) is 30.6. The first-order chi connectivity index (χ1) is 21.8. The number of benzene rings is 4. The van der Waals surface area contributed by atoms with Crippen LogP contribution in [0.4, 0.5) is 0 Å². The van der Waals surface area contributed by atoms with Gasteiger partial charge in [-0.25, -0.2) is 0 Å². The summed E-state index contributed by atoms with van der Waals surface area (Å²) in [6, 6.07) is 33.2. The predicted molar refractivity (Wildman–Crippen MR) is 180 cm³/mol. The summed E-state index contributed by atoms with van der Waals surface area (Å²) >= 11 is 19.8. The molecule has 0 radical (unpaired) electrons. The number of hydrogen-bond acceptors (Lipinski definition) is 6. The Kier molecular flexibility index (Phi) is 8.49. The van der Waals surface area contributed by atoms with Crippen molar-refractivity contribution >= 4 is 46.7 Å². The van der Waals surface area contributed by atoms with Crippen molar-refractivity contribution in [2.24, 2.45) is 5.92 Å². The minimum atomic E-state index is -2.41. The minimum Gasteiger partial charge on any atom is -0.460 e. The molecule has 0 unspecified atom stereocenters. The van der Waals surface area contributed by atoms with Gasteiger partial charge in [0, 0.05) is 6.54 Å². The fourth-order valence-corrected chi connectivity index (χ4v) is 7.47. The van der Waals surface area contributed by atoms with Crippen molar-refractivity contribution in [3.63, 3.8) is 0 Å². The fourth-order valence-electron chi connectivity index (χ4n) is 6.93. The van der Waals surface area contributed by atoms with E-state index >= 15 is 0 Å². The van der Waals surface area contributed by atoms with Crippen LogP contribution in [0.5, 0.6) is 0 Å². The summed E-state index contributed by atoms with van der Waals surface area (Å²) in [6.07, 6.45) is 0. The number of alkyl halides is 3. The number of esters is 2. The maximum absolute atomic E-state index is 14.6. The van der Waals surface area contributed by atoms with E-state index < -0.39 is 44.4 Å². The molecule has 6 nitrogen and oxygen atoms in total. The van der Waals surface area contributed by atoms with E-state index in [0.717, 1.165) is 33.4 Å². The zero-order chi connectivity index (χ0) is 32.9. The first kappa shape index (κ1) is 32.5. The SMILES string of the molecule is CC(C)(C)OC(=O)[C@H]1[C@@H](C(=O)OCc2ccccc2)N(C2(c3ccccc3)c3ccccc3-c3ccccc32)C[C@]1(O)C(Cl)(Cl)Cl. The molecular formula is C37H34Cl3NO5. The number of hydrogen-bond donors (Lipinski definition) is 1. The Hall–Kier alpha value is -3.39. The van der Waals surface area contributed by atoms with E-state index in [0.29, 0.717) is 0 Å². The summed E-state index contributed by atoms with van der Waals surface area (Å²) in [5.74, 6) is -3.28. The van der Waals surface area contributed by atoms with Crippen molar-refractivity contribution in [2.75, 3.05) is 6.54 Å². The molecule has 4 aromatic carbocycles. The Morgan fingerprint density at radius 2 is 1.28 bits per heavy atom. The number of rotatable bonds is 6. The highest BCUT2D eigenvalue weighted by Gasteiger charge is 2.71. The van der Waals surface area contributed by atoms with E-state index in [4.69, 9.17) is 44.3 Å². The number of β-amino-alcohol motifs (C(OH)–C–C–N with tert-alkyl or cyclic N) is 1. The van der Waals surface area contributed by atoms with Crippen LogP contribution in [0.1, 0.15) is 43.0 Å². The molecular weight excluding hydrogens is 645 g/mol. The summed E-state index contributed by atoms with van der Waals surface area (Å²) in [7, 11) is 0. The molecule has 1 saturated heterocycles. The van der Waals surface area contributed by atoms with Gasteiger partial charge >= 0.3 is 11.9 Å². The number of nitrogens with zero attached hydrogens (tertiary/aromatic N) is 1. The maximum atomic E-state index is 14.6. The van der Waals surface area contributed by atoms with Gasteiger partial charge in [-0.05, 0) is 54.2 Å². The van der Waals surface area contributed by atoms with Gasteiger partial charge in [-0.1, -0.05) is 144 Å². The quantitative estimate of drug-likeness (QED) is 0.169. The number of ether oxygens (including phenoxy) is 2. The highest BCUT2D eigenvalue weighted by molar-refractivity contribution is 6.68. The molecule has 0 saturated carbocycles. The van der Waals surface area contributed by atoms with Crippen molar-refractivity contribution in [1.29, 1.82) is 0 Å². The van der Waals surface area contributed by atoms with E-state index in [1.165, 1.54) is 0 Å². The highest BCUT2D eigenvalue weighted by atomic mass is 35.6. The Bertz CT molecular complexity index is 1710. The summed E-state index contributed by atoms with van der Waals surface area (Å²) in [5, 5.41) is 12.5. The number of carbonyl (C=O) groups excluding carboxylic acids is 2. The van der Waals surface area contributed by atoms with Gasteiger partial charge < -0.3 is 14.6 Å². The van der Waals surface area contributed by atoms with Crippen LogP contribution in [0.2, 0.25) is 0 Å². The van der Waals surface area contributed by atoms with Gasteiger partial charge in [0.1, 0.15) is 29.8 Å². The highest BCUT2D eigenvalue weighted by Crippen LogP contribution is 2.60. The molecule has 4 aromatic rings. The first-order valence-electron chi connectivity index (χ1n) is 15.0. The second-order valence-electron chi connectivity index (χ2n) is 12.8. The molecule has 238 valence electrons. The average molecular weight is 679 g/mol. The van der Waals surface area contributed by atoms with Crippen LogP contribution in [0.3, 0.4) is 0 Å². The number of fused-ring (bicyclic) bond motifs is 3. The van der Waals surface area contributed by atoms with Gasteiger partial charge in [0.2, 0.25) is 3.79 Å². The second kappa shape index (κ2) is 12.0. The third-order valence-corrected chi connectivity index (χ3v) is 9.72. The van der Waals surface area contributed by atoms with Crippen molar-refractivity contribution in [3.05, 3.63) is 131 Å². The zero-order valence-electron chi connectivity index (χ0n) is 25.6. The van der Waals surface area contributed by atoms with Gasteiger partial charge in [0.15, 0.2) is 0 Å². The monoisotopic (exact) mass is 677 g/mol. The molecule has 1 aliphatic carbocycles. The molecule has 46 heavy (non-hydrogen) atoms. The summed E-state index contributed by atoms with van der Waals surface area (Å²) in [6.45, 7) is 4.65. The lowest BCUT2D eigenvalue weighted by molar-refractivity contribution is -0.173. The lowest BCUT2D eigenvalue weighted by atomic mass is 9.78. The van der Waals surface area contributed by atoms with Crippen LogP contribution >= 0.6 is 34.8 Å². The second-order valence-corrected chi connectivity index (χ2v) is 15.0. The lowest BCUT2D eigenvalue weighted by Crippen LogP contribution is -2.55. The smallest absolute Gasteiger partial charge is 0.324 e. The first-order valence-corrected chi connectivity index (χ1v) is 16.2. The lowest BCUT2D eigenvalue weighted by Gasteiger charge is -2.44. The molecule has 0 amide bonds. The molecule has 1 heterocycles. The molecule has 0 bridgehead atoms. The van der Waals surface area contributed by atoms with Crippen molar-refractivity contribution in [1.82, 2.24) is 4.90 Å². The number of halogens is 3. The number of carbonyl (C=O) groups is 2. The largest absolute Gasteiger partial charge is 0.460 e. The normalized spacial score (nSPS) is 22.2. The van der Waals surface area contributed by atoms with Gasteiger partial charge in [0.25, 0.3) is 0 Å². The van der Waals surface area contributed by atoms with Crippen LogP contribution in [-0.4, -0.2) is 49.5 Å². The van der Waals surface area contributed by atoms with Crippen molar-refractivity contribution in [3.8, 4) is 11.1 Å². The molecule has 1 N–H and O–H groups in total. The van der Waals surface area contributed by atoms with Gasteiger partial charge in [0.05, 0.1) is 5.54 Å². The van der Waals surface area contributed by atoms with Crippen molar-refractivity contribution in [2.45, 2.75) is 54.0 Å². The number of aliphatic hydroxyl groups is 1. The summed E-state index contributed by atoms with van der Waals surface area (Å²) < 4.78 is 9.38. The average Bonchev–Trinajstić information content (AvgIpc) is 3.51. The minimum absolute atomic E-state index is 0.0667. The third-order valence-electron chi connectivity index (χ3n) is 8.74. The maximum Gasteiger partial charge on any atom is 0.324 e. The third kappa shape index (κ3) is 5.40. The standard InChI is InChI=1S/C37H34Cl3NO5/c1-34(2,3)46-32(42)30-31(33(43)45-22-24-14-6-4-7-15-24)41(23-35(30,44)37(38,39)40)36(25-16-8-5-9-17-25)28-20-12-10-18-26(28)27-19-11-13-21-29(27)36/h4-21,30-31,44H,22-23H2,1-3H3/t30-,31+,35-/m1/s1. The van der Waals surface area contributed by atoms with E-state index in [2.05, 4.69) is 0 Å². The summed E-state index contributed by atoms with van der Waals surface area (Å²) in [5.41, 5.74) is 0.578. The van der Waals surface area contributed by atoms with Crippen LogP contribution < -0.4 is 0 Å². The van der Waals surface area contributed by atoms with E-state index in [-0.39, 0.29) is 13.2 Å². The van der Waals surface area contributed by atoms with Gasteiger partial charge in [-0.3, -0.25) is 14.5 Å². The van der Waals surface area contributed by atoms with Gasteiger partial charge in [-0.2, -0.15) is 0 Å². The zero-order valence-corrected chi connectivity index (χ0v) is 27.9. The predicted octanol–water partition coefficient (Wildman–Crippen LogP) is 7.45. The molecule has 1 aliphatic heterocycles. The molecule has 3 atom stereocenters. The molecule has 6 rings (SSSR count). The van der Waals surface area contributed by atoms with E-state index in [1.807, 2.05) is 109 Å². The van der Waals surface area contributed by atoms with E-state index in [9.17, 15) is 14.7 Å². The van der Waals surface area contributed by atoms with Crippen LogP contribution in [0.15, 0.2) is 109 Å². The Morgan fingerprint density at radius 3 is 1.80 bits per heavy atom. The fraction of sp³-hybridized carbons (Fsp3) is 0.297. The van der Waals surface area contributed by atoms with Gasteiger partial charge in [-0.15, -0.1) is 0 Å². The van der Waals surface area contributed by atoms with Crippen LogP contribution in [0.25, 0.3) is 11.1 Å². The van der Waals surface area contributed by atoms with E-state index in [1.54, 1.807) is 25.7 Å². The Morgan fingerprint density at radius 1 is 0.783 bits per heavy atom. The molecule has 0 spiro atoms. The molecule has 2 aliphatic rings. The molecule has 0 aromatic heterocycles. The molecule has 9 heteroatoms. The number of likely N-dealkylation sites (tertiary alicyclic amines) is 1. The molecule has 1 fully saturated rings. The van der Waals surface area contributed by atoms with Crippen molar-refractivity contribution < 1.29 is 24.2 Å². The topological polar surface area (TPSA) is 76.1 Å².